The number of rotatable bonds is 3. The molecule has 0 aliphatic carbocycles. The van der Waals surface area contributed by atoms with Gasteiger partial charge in [0.15, 0.2) is 0 Å². The van der Waals surface area contributed by atoms with Crippen molar-refractivity contribution in [3.63, 3.8) is 0 Å². The van der Waals surface area contributed by atoms with E-state index in [0.717, 1.165) is 12.1 Å². The van der Waals surface area contributed by atoms with Crippen LogP contribution in [0.1, 0.15) is 23.6 Å². The molecule has 19 heavy (non-hydrogen) atoms. The molecule has 0 N–H and O–H groups in total. The Hall–Kier alpha value is -1.74. The predicted octanol–water partition coefficient (Wildman–Crippen LogP) is 3.34. The molecule has 1 aromatic carbocycles. The van der Waals surface area contributed by atoms with Crippen LogP contribution < -0.4 is 0 Å². The molecule has 0 heterocycles. The third-order valence-corrected chi connectivity index (χ3v) is 2.52. The summed E-state index contributed by atoms with van der Waals surface area (Å²) in [6.07, 6.45) is -5.04. The summed E-state index contributed by atoms with van der Waals surface area (Å²) in [6.45, 7) is 1.72. The zero-order chi connectivity index (χ0) is 14.6. The first kappa shape index (κ1) is 15.3. The van der Waals surface area contributed by atoms with Crippen molar-refractivity contribution in [3.05, 3.63) is 33.8 Å². The van der Waals surface area contributed by atoms with Gasteiger partial charge in [0.05, 0.1) is 29.2 Å². The van der Waals surface area contributed by atoms with Gasteiger partial charge in [0.2, 0.25) is 0 Å². The van der Waals surface area contributed by atoms with Crippen LogP contribution in [-0.2, 0) is 22.1 Å². The highest BCUT2D eigenvalue weighted by atomic mass is 35.5. The van der Waals surface area contributed by atoms with Gasteiger partial charge in [-0.2, -0.15) is 18.4 Å². The highest BCUT2D eigenvalue weighted by molar-refractivity contribution is 6.32. The summed E-state index contributed by atoms with van der Waals surface area (Å²) in [6, 6.07) is 3.30. The quantitative estimate of drug-likeness (QED) is 0.803. The van der Waals surface area contributed by atoms with E-state index < -0.39 is 23.3 Å². The van der Waals surface area contributed by atoms with Crippen molar-refractivity contribution < 1.29 is 22.7 Å². The number of carbonyl (C=O) groups is 1. The van der Waals surface area contributed by atoms with Gasteiger partial charge in [-0.3, -0.25) is 4.79 Å². The first-order chi connectivity index (χ1) is 8.79. The molecule has 0 aromatic heterocycles. The molecule has 0 atom stereocenters. The lowest BCUT2D eigenvalue weighted by Crippen LogP contribution is -2.12. The number of alkyl halides is 3. The number of benzene rings is 1. The summed E-state index contributed by atoms with van der Waals surface area (Å²) < 4.78 is 42.9. The van der Waals surface area contributed by atoms with Gasteiger partial charge in [-0.25, -0.2) is 0 Å². The molecule has 7 heteroatoms. The average Bonchev–Trinajstić information content (AvgIpc) is 2.27. The lowest BCUT2D eigenvalue weighted by Gasteiger charge is -2.12. The molecule has 0 spiro atoms. The number of halogens is 4. The highest BCUT2D eigenvalue weighted by Gasteiger charge is 2.35. The summed E-state index contributed by atoms with van der Waals surface area (Å²) >= 11 is 5.63. The van der Waals surface area contributed by atoms with Crippen LogP contribution in [0.25, 0.3) is 0 Å². The van der Waals surface area contributed by atoms with Crippen molar-refractivity contribution >= 4 is 17.6 Å². The number of nitriles is 1. The zero-order valence-corrected chi connectivity index (χ0v) is 10.6. The molecule has 102 valence electrons. The average molecular weight is 292 g/mol. The molecule has 3 nitrogen and oxygen atoms in total. The molecule has 0 saturated heterocycles. The van der Waals surface area contributed by atoms with Crippen LogP contribution in [0.3, 0.4) is 0 Å². The van der Waals surface area contributed by atoms with Crippen molar-refractivity contribution in [2.75, 3.05) is 6.61 Å². The van der Waals surface area contributed by atoms with Crippen LogP contribution in [0.15, 0.2) is 12.1 Å². The van der Waals surface area contributed by atoms with Crippen molar-refractivity contribution in [1.82, 2.24) is 0 Å². The molecule has 0 fully saturated rings. The Labute approximate surface area is 112 Å². The third kappa shape index (κ3) is 3.86. The van der Waals surface area contributed by atoms with E-state index in [2.05, 4.69) is 4.74 Å². The summed E-state index contributed by atoms with van der Waals surface area (Å²) in [7, 11) is 0. The molecule has 1 rings (SSSR count). The van der Waals surface area contributed by atoms with Crippen LogP contribution in [0.2, 0.25) is 5.02 Å². The minimum atomic E-state index is -4.71. The number of nitrogens with zero attached hydrogens (tertiary/aromatic N) is 1. The maximum atomic E-state index is 12.8. The molecule has 0 saturated carbocycles. The number of ether oxygens (including phenoxy) is 1. The monoisotopic (exact) mass is 291 g/mol. The molecule has 0 aliphatic heterocycles. The predicted molar refractivity (Wildman–Crippen MR) is 61.5 cm³/mol. The second kappa shape index (κ2) is 5.93. The van der Waals surface area contributed by atoms with Gasteiger partial charge in [0.25, 0.3) is 0 Å². The smallest absolute Gasteiger partial charge is 0.417 e. The van der Waals surface area contributed by atoms with Crippen molar-refractivity contribution in [2.24, 2.45) is 0 Å². The van der Waals surface area contributed by atoms with Crippen LogP contribution in [0.5, 0.6) is 0 Å². The fourth-order valence-corrected chi connectivity index (χ4v) is 1.76. The Kier molecular flexibility index (Phi) is 4.78. The fraction of sp³-hybridized carbons (Fsp3) is 0.333. The maximum Gasteiger partial charge on any atom is 0.417 e. The molecule has 0 bridgehead atoms. The number of carbonyl (C=O) groups excluding carboxylic acids is 1. The van der Waals surface area contributed by atoms with Crippen molar-refractivity contribution in [1.29, 1.82) is 5.26 Å². The summed E-state index contributed by atoms with van der Waals surface area (Å²) in [5.74, 6) is -0.656. The van der Waals surface area contributed by atoms with Gasteiger partial charge in [0.1, 0.15) is 6.07 Å². The Morgan fingerprint density at radius 3 is 2.58 bits per heavy atom. The van der Waals surface area contributed by atoms with Gasteiger partial charge in [0, 0.05) is 0 Å². The standard InChI is InChI=1S/C12H9ClF3NO2/c1-2-19-11(18)5-7-3-9(12(14,15)16)8(6-17)10(13)4-7/h3-4H,2,5H2,1H3. The highest BCUT2D eigenvalue weighted by Crippen LogP contribution is 2.35. The minimum absolute atomic E-state index is 0.0507. The number of hydrogen-bond acceptors (Lipinski definition) is 3. The fourth-order valence-electron chi connectivity index (χ4n) is 1.48. The number of esters is 1. The van der Waals surface area contributed by atoms with E-state index in [1.807, 2.05) is 0 Å². The van der Waals surface area contributed by atoms with Gasteiger partial charge < -0.3 is 4.74 Å². The van der Waals surface area contributed by atoms with Crippen LogP contribution >= 0.6 is 11.6 Å². The van der Waals surface area contributed by atoms with Crippen molar-refractivity contribution in [2.45, 2.75) is 19.5 Å². The summed E-state index contributed by atoms with van der Waals surface area (Å²) in [5, 5.41) is 8.36. The molecule has 0 aliphatic rings. The molecular weight excluding hydrogens is 283 g/mol. The second-order valence-corrected chi connectivity index (χ2v) is 4.00. The molecule has 0 amide bonds. The van der Waals surface area contributed by atoms with E-state index in [-0.39, 0.29) is 23.6 Å². The van der Waals surface area contributed by atoms with E-state index in [9.17, 15) is 18.0 Å². The van der Waals surface area contributed by atoms with E-state index in [0.29, 0.717) is 0 Å². The Morgan fingerprint density at radius 2 is 2.11 bits per heavy atom. The molecule has 0 radical (unpaired) electrons. The Bertz CT molecular complexity index is 535. The zero-order valence-electron chi connectivity index (χ0n) is 9.84. The van der Waals surface area contributed by atoms with Crippen molar-refractivity contribution in [3.8, 4) is 6.07 Å². The van der Waals surface area contributed by atoms with Crippen LogP contribution in [-0.4, -0.2) is 12.6 Å². The Balaban J connectivity index is 3.21. The Morgan fingerprint density at radius 1 is 1.47 bits per heavy atom. The maximum absolute atomic E-state index is 12.8. The van der Waals surface area contributed by atoms with Gasteiger partial charge in [-0.05, 0) is 24.6 Å². The lowest BCUT2D eigenvalue weighted by molar-refractivity contribution is -0.142. The lowest BCUT2D eigenvalue weighted by atomic mass is 10.0. The third-order valence-electron chi connectivity index (χ3n) is 2.22. The van der Waals surface area contributed by atoms with E-state index >= 15 is 0 Å². The van der Waals surface area contributed by atoms with Gasteiger partial charge >= 0.3 is 12.1 Å². The second-order valence-electron chi connectivity index (χ2n) is 3.59. The van der Waals surface area contributed by atoms with E-state index in [1.165, 1.54) is 6.07 Å². The van der Waals surface area contributed by atoms with E-state index in [4.69, 9.17) is 16.9 Å². The normalized spacial score (nSPS) is 10.9. The molecule has 0 unspecified atom stereocenters. The summed E-state index contributed by atoms with van der Waals surface area (Å²) in [5.41, 5.74) is -1.75. The molecular formula is C12H9ClF3NO2. The van der Waals surface area contributed by atoms with Crippen LogP contribution in [0, 0.1) is 11.3 Å². The SMILES string of the molecule is CCOC(=O)Cc1cc(Cl)c(C#N)c(C(F)(F)F)c1. The first-order valence-corrected chi connectivity index (χ1v) is 5.62. The first-order valence-electron chi connectivity index (χ1n) is 5.25. The van der Waals surface area contributed by atoms with Gasteiger partial charge in [-0.15, -0.1) is 0 Å². The van der Waals surface area contributed by atoms with Gasteiger partial charge in [-0.1, -0.05) is 11.6 Å². The topological polar surface area (TPSA) is 50.1 Å². The largest absolute Gasteiger partial charge is 0.466 e. The minimum Gasteiger partial charge on any atom is -0.466 e. The molecule has 1 aromatic rings. The summed E-state index contributed by atoms with van der Waals surface area (Å²) in [4.78, 5) is 11.2. The van der Waals surface area contributed by atoms with E-state index in [1.54, 1.807) is 6.92 Å². The van der Waals surface area contributed by atoms with Crippen LogP contribution in [0.4, 0.5) is 13.2 Å². The number of hydrogen-bond donors (Lipinski definition) is 0.